The Morgan fingerprint density at radius 3 is 2.59 bits per heavy atom. The highest BCUT2D eigenvalue weighted by molar-refractivity contribution is 7.71. The summed E-state index contributed by atoms with van der Waals surface area (Å²) in [6.45, 7) is 5.35. The Morgan fingerprint density at radius 1 is 0.966 bits per heavy atom. The van der Waals surface area contributed by atoms with Crippen LogP contribution in [-0.4, -0.2) is 59.1 Å². The Hall–Kier alpha value is -2.91. The summed E-state index contributed by atoms with van der Waals surface area (Å²) in [6.07, 6.45) is 1.83. The molecule has 29 heavy (non-hydrogen) atoms. The third kappa shape index (κ3) is 3.83. The molecule has 2 aliphatic rings. The van der Waals surface area contributed by atoms with Gasteiger partial charge < -0.3 is 18.8 Å². The van der Waals surface area contributed by atoms with E-state index in [1.807, 2.05) is 42.6 Å². The van der Waals surface area contributed by atoms with Gasteiger partial charge in [0.25, 0.3) is 4.84 Å². The van der Waals surface area contributed by atoms with Crippen molar-refractivity contribution in [2.45, 2.75) is 6.67 Å². The summed E-state index contributed by atoms with van der Waals surface area (Å²) in [5, 5.41) is 4.58. The zero-order valence-electron chi connectivity index (χ0n) is 15.9. The molecule has 9 heteroatoms. The van der Waals surface area contributed by atoms with Gasteiger partial charge in [-0.1, -0.05) is 6.07 Å². The highest BCUT2D eigenvalue weighted by atomic mass is 32.1. The summed E-state index contributed by atoms with van der Waals surface area (Å²) in [7, 11) is 0. The quantitative estimate of drug-likeness (QED) is 0.607. The van der Waals surface area contributed by atoms with Crippen LogP contribution in [0.3, 0.4) is 0 Å². The molecule has 8 nitrogen and oxygen atoms in total. The maximum Gasteiger partial charge on any atom is 0.288 e. The third-order valence-electron chi connectivity index (χ3n) is 5.07. The van der Waals surface area contributed by atoms with Crippen molar-refractivity contribution >= 4 is 18.0 Å². The fraction of sp³-hybridized carbons (Fsp3) is 0.350. The first-order chi connectivity index (χ1) is 14.3. The first-order valence-electron chi connectivity index (χ1n) is 9.62. The van der Waals surface area contributed by atoms with Gasteiger partial charge in [-0.2, -0.15) is 0 Å². The van der Waals surface area contributed by atoms with Crippen LogP contribution in [0, 0.1) is 4.84 Å². The molecule has 0 amide bonds. The number of pyridine rings is 1. The van der Waals surface area contributed by atoms with Crippen LogP contribution >= 0.6 is 12.2 Å². The molecule has 0 bridgehead atoms. The number of anilines is 1. The van der Waals surface area contributed by atoms with Gasteiger partial charge in [-0.05, 0) is 42.5 Å². The van der Waals surface area contributed by atoms with E-state index in [0.29, 0.717) is 36.4 Å². The maximum absolute atomic E-state index is 5.75. The molecule has 5 rings (SSSR count). The second-order valence-corrected chi connectivity index (χ2v) is 7.31. The van der Waals surface area contributed by atoms with E-state index in [-0.39, 0.29) is 0 Å². The minimum Gasteiger partial charge on any atom is -0.486 e. The van der Waals surface area contributed by atoms with Crippen molar-refractivity contribution in [3.63, 3.8) is 0 Å². The molecule has 1 fully saturated rings. The molecule has 4 heterocycles. The lowest BCUT2D eigenvalue weighted by Crippen LogP contribution is -2.47. The summed E-state index contributed by atoms with van der Waals surface area (Å²) in [4.78, 5) is 9.40. The van der Waals surface area contributed by atoms with Crippen LogP contribution in [0.25, 0.3) is 11.5 Å². The number of aromatic nitrogens is 3. The molecule has 0 spiro atoms. The number of hydrogen-bond acceptors (Lipinski definition) is 8. The number of rotatable bonds is 4. The van der Waals surface area contributed by atoms with E-state index >= 15 is 0 Å². The summed E-state index contributed by atoms with van der Waals surface area (Å²) in [6, 6.07) is 11.7. The van der Waals surface area contributed by atoms with Crippen molar-refractivity contribution in [2.24, 2.45) is 0 Å². The van der Waals surface area contributed by atoms with Crippen LogP contribution in [0.5, 0.6) is 11.5 Å². The van der Waals surface area contributed by atoms with E-state index in [0.717, 1.165) is 43.3 Å². The molecule has 1 saturated heterocycles. The summed E-state index contributed by atoms with van der Waals surface area (Å²) < 4.78 is 18.7. The molecular formula is C20H21N5O3S. The van der Waals surface area contributed by atoms with Crippen molar-refractivity contribution < 1.29 is 13.9 Å². The van der Waals surface area contributed by atoms with E-state index in [1.54, 1.807) is 4.68 Å². The predicted molar refractivity (Wildman–Crippen MR) is 110 cm³/mol. The van der Waals surface area contributed by atoms with Crippen LogP contribution in [-0.2, 0) is 6.67 Å². The molecular weight excluding hydrogens is 390 g/mol. The maximum atomic E-state index is 5.75. The molecule has 150 valence electrons. The average molecular weight is 411 g/mol. The second-order valence-electron chi connectivity index (χ2n) is 6.97. The minimum absolute atomic E-state index is 0.363. The minimum atomic E-state index is 0.363. The van der Waals surface area contributed by atoms with Gasteiger partial charge in [0.2, 0.25) is 5.89 Å². The van der Waals surface area contributed by atoms with Crippen molar-refractivity contribution in [3.05, 3.63) is 47.4 Å². The number of ether oxygens (including phenoxy) is 2. The smallest absolute Gasteiger partial charge is 0.288 e. The summed E-state index contributed by atoms with van der Waals surface area (Å²) >= 11 is 5.39. The van der Waals surface area contributed by atoms with Gasteiger partial charge in [0.15, 0.2) is 11.5 Å². The lowest BCUT2D eigenvalue weighted by molar-refractivity contribution is 0.171. The number of hydrogen-bond donors (Lipinski definition) is 0. The third-order valence-corrected chi connectivity index (χ3v) is 5.37. The van der Waals surface area contributed by atoms with Gasteiger partial charge in [-0.15, -0.1) is 5.10 Å². The highest BCUT2D eigenvalue weighted by Crippen LogP contribution is 2.34. The number of fused-ring (bicyclic) bond motifs is 1. The zero-order chi connectivity index (χ0) is 19.6. The highest BCUT2D eigenvalue weighted by Gasteiger charge is 2.20. The first kappa shape index (κ1) is 18.1. The van der Waals surface area contributed by atoms with Gasteiger partial charge >= 0.3 is 0 Å². The normalized spacial score (nSPS) is 16.8. The van der Waals surface area contributed by atoms with Gasteiger partial charge in [-0.3, -0.25) is 4.90 Å². The predicted octanol–water partition coefficient (Wildman–Crippen LogP) is 2.82. The van der Waals surface area contributed by atoms with Crippen LogP contribution < -0.4 is 14.4 Å². The van der Waals surface area contributed by atoms with Crippen LogP contribution in [0.4, 0.5) is 5.82 Å². The van der Waals surface area contributed by atoms with Crippen LogP contribution in [0.15, 0.2) is 47.0 Å². The molecule has 0 radical (unpaired) electrons. The standard InChI is InChI=1S/C20H21N5O3S/c29-20-25(14-23-7-9-24(10-8-23)18-3-1-2-6-21-18)22-19(28-20)15-4-5-16-17(13-15)27-12-11-26-16/h1-6,13H,7-12,14H2. The van der Waals surface area contributed by atoms with Crippen LogP contribution in [0.2, 0.25) is 0 Å². The molecule has 0 atom stereocenters. The van der Waals surface area contributed by atoms with E-state index in [4.69, 9.17) is 26.1 Å². The lowest BCUT2D eigenvalue weighted by Gasteiger charge is -2.34. The Balaban J connectivity index is 1.26. The van der Waals surface area contributed by atoms with Crippen molar-refractivity contribution in [3.8, 4) is 23.0 Å². The van der Waals surface area contributed by atoms with Gasteiger partial charge in [0.05, 0.1) is 6.67 Å². The lowest BCUT2D eigenvalue weighted by atomic mass is 10.2. The van der Waals surface area contributed by atoms with E-state index in [1.165, 1.54) is 0 Å². The van der Waals surface area contributed by atoms with E-state index in [2.05, 4.69) is 19.9 Å². The molecule has 1 aromatic carbocycles. The molecule has 0 N–H and O–H groups in total. The van der Waals surface area contributed by atoms with Gasteiger partial charge in [0, 0.05) is 37.9 Å². The molecule has 0 saturated carbocycles. The van der Waals surface area contributed by atoms with Crippen molar-refractivity contribution in [1.82, 2.24) is 19.7 Å². The van der Waals surface area contributed by atoms with E-state index in [9.17, 15) is 0 Å². The van der Waals surface area contributed by atoms with Crippen molar-refractivity contribution in [2.75, 3.05) is 44.3 Å². The fourth-order valence-electron chi connectivity index (χ4n) is 3.54. The molecule has 0 aliphatic carbocycles. The number of benzene rings is 1. The summed E-state index contributed by atoms with van der Waals surface area (Å²) in [5.74, 6) is 2.95. The Kier molecular flexibility index (Phi) is 4.91. The molecule has 0 unspecified atom stereocenters. The molecule has 2 aliphatic heterocycles. The second kappa shape index (κ2) is 7.84. The van der Waals surface area contributed by atoms with Gasteiger partial charge in [0.1, 0.15) is 19.0 Å². The Morgan fingerprint density at radius 2 is 1.79 bits per heavy atom. The van der Waals surface area contributed by atoms with Crippen LogP contribution in [0.1, 0.15) is 0 Å². The molecule has 2 aromatic heterocycles. The zero-order valence-corrected chi connectivity index (χ0v) is 16.7. The fourth-order valence-corrected chi connectivity index (χ4v) is 3.71. The average Bonchev–Trinajstić information content (AvgIpc) is 3.15. The topological polar surface area (TPSA) is 68.8 Å². The Bertz CT molecular complexity index is 1040. The Labute approximate surface area is 173 Å². The summed E-state index contributed by atoms with van der Waals surface area (Å²) in [5.41, 5.74) is 0.819. The number of piperazine rings is 1. The SMILES string of the molecule is S=c1oc(-c2ccc3c(c2)OCCO3)nn1CN1CCN(c2ccccn2)CC1. The van der Waals surface area contributed by atoms with Gasteiger partial charge in [-0.25, -0.2) is 9.67 Å². The van der Waals surface area contributed by atoms with Crippen molar-refractivity contribution in [1.29, 1.82) is 0 Å². The first-order valence-corrected chi connectivity index (χ1v) is 10.0. The van der Waals surface area contributed by atoms with E-state index < -0.39 is 0 Å². The number of nitrogens with zero attached hydrogens (tertiary/aromatic N) is 5. The monoisotopic (exact) mass is 411 g/mol. The largest absolute Gasteiger partial charge is 0.486 e. The molecule has 3 aromatic rings.